The summed E-state index contributed by atoms with van der Waals surface area (Å²) < 4.78 is 6.19. The van der Waals surface area contributed by atoms with Crippen LogP contribution in [0.4, 0.5) is 5.69 Å². The molecule has 4 aromatic rings. The van der Waals surface area contributed by atoms with Gasteiger partial charge in [0.05, 0.1) is 18.4 Å². The van der Waals surface area contributed by atoms with Gasteiger partial charge in [-0.1, -0.05) is 35.0 Å². The lowest BCUT2D eigenvalue weighted by atomic mass is 10.1. The molecule has 0 saturated carbocycles. The lowest BCUT2D eigenvalue weighted by molar-refractivity contribution is 0.0974. The van der Waals surface area contributed by atoms with Gasteiger partial charge in [-0.15, -0.1) is 10.2 Å². The van der Waals surface area contributed by atoms with Crippen molar-refractivity contribution in [3.63, 3.8) is 0 Å². The number of aromatic nitrogens is 3. The van der Waals surface area contributed by atoms with Crippen molar-refractivity contribution < 1.29 is 9.53 Å². The average molecular weight is 538 g/mol. The second-order valence-electron chi connectivity index (χ2n) is 7.88. The molecule has 9 heteroatoms. The monoisotopic (exact) mass is 537 g/mol. The average Bonchev–Trinajstić information content (AvgIpc) is 3.21. The molecule has 0 saturated heterocycles. The number of amides is 1. The van der Waals surface area contributed by atoms with Crippen molar-refractivity contribution in [2.75, 3.05) is 12.4 Å². The Morgan fingerprint density at radius 1 is 1.06 bits per heavy atom. The first-order valence-corrected chi connectivity index (χ1v) is 11.9. The zero-order chi connectivity index (χ0) is 24.4. The number of benzene rings is 3. The standard InChI is InChI=1S/C25H24BrN5O2S/c1-5-16-6-8-18(9-7-16)31-29-21-11-14(2)20(13-22(21)30-31)27-25(34)28-24(32)19-12-17(26)10-15(3)23(19)33-4/h6-13H,5H2,1-4H3,(H2,27,28,32,34). The summed E-state index contributed by atoms with van der Waals surface area (Å²) in [4.78, 5) is 14.5. The molecule has 0 radical (unpaired) electrons. The van der Waals surface area contributed by atoms with Crippen molar-refractivity contribution in [3.8, 4) is 11.4 Å². The van der Waals surface area contributed by atoms with Crippen molar-refractivity contribution in [1.82, 2.24) is 20.3 Å². The number of thiocarbonyl (C=S) groups is 1. The van der Waals surface area contributed by atoms with Gasteiger partial charge in [-0.05, 0) is 85.6 Å². The van der Waals surface area contributed by atoms with Crippen molar-refractivity contribution in [2.24, 2.45) is 0 Å². The van der Waals surface area contributed by atoms with Gasteiger partial charge >= 0.3 is 0 Å². The van der Waals surface area contributed by atoms with Crippen LogP contribution in [-0.4, -0.2) is 33.1 Å². The molecule has 3 aromatic carbocycles. The molecule has 1 aromatic heterocycles. The summed E-state index contributed by atoms with van der Waals surface area (Å²) in [5.74, 6) is 0.142. The predicted octanol–water partition coefficient (Wildman–Crippen LogP) is 5.50. The fourth-order valence-corrected chi connectivity index (χ4v) is 4.45. The largest absolute Gasteiger partial charge is 0.496 e. The van der Waals surface area contributed by atoms with Crippen LogP contribution in [0.1, 0.15) is 34.0 Å². The molecule has 0 aliphatic carbocycles. The second-order valence-corrected chi connectivity index (χ2v) is 9.20. The minimum Gasteiger partial charge on any atom is -0.496 e. The first-order chi connectivity index (χ1) is 16.3. The third-order valence-electron chi connectivity index (χ3n) is 5.47. The third kappa shape index (κ3) is 4.95. The summed E-state index contributed by atoms with van der Waals surface area (Å²) in [6.45, 7) is 5.94. The molecule has 1 amide bonds. The Morgan fingerprint density at radius 3 is 2.38 bits per heavy atom. The van der Waals surface area contributed by atoms with Gasteiger partial charge in [-0.2, -0.15) is 4.80 Å². The highest BCUT2D eigenvalue weighted by Crippen LogP contribution is 2.28. The number of rotatable bonds is 5. The van der Waals surface area contributed by atoms with Crippen LogP contribution in [0.15, 0.2) is 53.0 Å². The van der Waals surface area contributed by atoms with Gasteiger partial charge in [0.15, 0.2) is 5.11 Å². The van der Waals surface area contributed by atoms with E-state index in [0.717, 1.165) is 38.9 Å². The molecular formula is C25H24BrN5O2S. The van der Waals surface area contributed by atoms with E-state index < -0.39 is 0 Å². The van der Waals surface area contributed by atoms with E-state index in [2.05, 4.69) is 55.8 Å². The Kier molecular flexibility index (Phi) is 6.95. The topological polar surface area (TPSA) is 81.1 Å². The molecule has 4 rings (SSSR count). The minimum atomic E-state index is -0.362. The zero-order valence-electron chi connectivity index (χ0n) is 19.3. The Hall–Kier alpha value is -3.30. The smallest absolute Gasteiger partial charge is 0.261 e. The maximum absolute atomic E-state index is 12.9. The Morgan fingerprint density at radius 2 is 1.74 bits per heavy atom. The number of methoxy groups -OCH3 is 1. The van der Waals surface area contributed by atoms with E-state index in [1.54, 1.807) is 10.9 Å². The van der Waals surface area contributed by atoms with E-state index in [1.807, 2.05) is 44.2 Å². The number of halogens is 1. The molecule has 0 atom stereocenters. The quantitative estimate of drug-likeness (QED) is 0.327. The highest BCUT2D eigenvalue weighted by molar-refractivity contribution is 9.10. The molecule has 0 bridgehead atoms. The number of nitrogens with one attached hydrogen (secondary N) is 2. The maximum atomic E-state index is 12.9. The van der Waals surface area contributed by atoms with E-state index in [9.17, 15) is 4.79 Å². The molecule has 7 nitrogen and oxygen atoms in total. The molecular weight excluding hydrogens is 514 g/mol. The first kappa shape index (κ1) is 23.8. The third-order valence-corrected chi connectivity index (χ3v) is 6.13. The van der Waals surface area contributed by atoms with Crippen LogP contribution in [-0.2, 0) is 6.42 Å². The summed E-state index contributed by atoms with van der Waals surface area (Å²) in [5.41, 5.74) is 6.53. The normalized spacial score (nSPS) is 10.9. The number of carbonyl (C=O) groups excluding carboxylic acids is 1. The molecule has 0 spiro atoms. The fourth-order valence-electron chi connectivity index (χ4n) is 3.68. The van der Waals surface area contributed by atoms with Crippen LogP contribution in [0.2, 0.25) is 0 Å². The van der Waals surface area contributed by atoms with Gasteiger partial charge in [0.2, 0.25) is 0 Å². The number of fused-ring (bicyclic) bond motifs is 1. The SMILES string of the molecule is CCc1ccc(-n2nc3cc(C)c(NC(=S)NC(=O)c4cc(Br)cc(C)c4OC)cc3n2)cc1. The fraction of sp³-hybridized carbons (Fsp3) is 0.200. The van der Waals surface area contributed by atoms with Gasteiger partial charge < -0.3 is 10.1 Å². The number of nitrogens with zero attached hydrogens (tertiary/aromatic N) is 3. The number of hydrogen-bond donors (Lipinski definition) is 2. The van der Waals surface area contributed by atoms with E-state index in [0.29, 0.717) is 16.8 Å². The number of hydrogen-bond acceptors (Lipinski definition) is 5. The van der Waals surface area contributed by atoms with E-state index >= 15 is 0 Å². The lowest BCUT2D eigenvalue weighted by Crippen LogP contribution is -2.34. The predicted molar refractivity (Wildman–Crippen MR) is 142 cm³/mol. The summed E-state index contributed by atoms with van der Waals surface area (Å²) >= 11 is 8.83. The van der Waals surface area contributed by atoms with Gasteiger partial charge in [0.1, 0.15) is 16.8 Å². The summed E-state index contributed by atoms with van der Waals surface area (Å²) in [5, 5.41) is 15.2. The molecule has 2 N–H and O–H groups in total. The molecule has 174 valence electrons. The van der Waals surface area contributed by atoms with Crippen LogP contribution < -0.4 is 15.4 Å². The van der Waals surface area contributed by atoms with Gasteiger partial charge in [-0.25, -0.2) is 0 Å². The van der Waals surface area contributed by atoms with E-state index in [1.165, 1.54) is 12.7 Å². The van der Waals surface area contributed by atoms with E-state index in [-0.39, 0.29) is 11.0 Å². The highest BCUT2D eigenvalue weighted by atomic mass is 79.9. The van der Waals surface area contributed by atoms with Crippen molar-refractivity contribution in [2.45, 2.75) is 27.2 Å². The minimum absolute atomic E-state index is 0.176. The summed E-state index contributed by atoms with van der Waals surface area (Å²) in [6.07, 6.45) is 0.980. The zero-order valence-corrected chi connectivity index (χ0v) is 21.7. The molecule has 0 aliphatic rings. The summed E-state index contributed by atoms with van der Waals surface area (Å²) in [6, 6.07) is 15.6. The van der Waals surface area contributed by atoms with Crippen molar-refractivity contribution >= 4 is 55.9 Å². The number of aryl methyl sites for hydroxylation is 3. The van der Waals surface area contributed by atoms with Crippen LogP contribution in [0.3, 0.4) is 0 Å². The molecule has 0 unspecified atom stereocenters. The van der Waals surface area contributed by atoms with Crippen molar-refractivity contribution in [3.05, 3.63) is 75.3 Å². The molecule has 1 heterocycles. The highest BCUT2D eigenvalue weighted by Gasteiger charge is 2.17. The molecule has 34 heavy (non-hydrogen) atoms. The first-order valence-electron chi connectivity index (χ1n) is 10.7. The number of anilines is 1. The lowest BCUT2D eigenvalue weighted by Gasteiger charge is -2.14. The van der Waals surface area contributed by atoms with Gasteiger partial charge in [-0.3, -0.25) is 10.1 Å². The van der Waals surface area contributed by atoms with Crippen LogP contribution in [0, 0.1) is 13.8 Å². The van der Waals surface area contributed by atoms with Crippen LogP contribution in [0.25, 0.3) is 16.7 Å². The van der Waals surface area contributed by atoms with E-state index in [4.69, 9.17) is 17.0 Å². The van der Waals surface area contributed by atoms with Crippen LogP contribution in [0.5, 0.6) is 5.75 Å². The molecule has 0 aliphatic heterocycles. The van der Waals surface area contributed by atoms with Crippen LogP contribution >= 0.6 is 28.1 Å². The number of carbonyl (C=O) groups is 1. The number of ether oxygens (including phenoxy) is 1. The Bertz CT molecular complexity index is 1400. The second kappa shape index (κ2) is 9.90. The van der Waals surface area contributed by atoms with Crippen molar-refractivity contribution in [1.29, 1.82) is 0 Å². The van der Waals surface area contributed by atoms with Gasteiger partial charge in [0.25, 0.3) is 5.91 Å². The Balaban J connectivity index is 1.54. The summed E-state index contributed by atoms with van der Waals surface area (Å²) in [7, 11) is 1.54. The van der Waals surface area contributed by atoms with Gasteiger partial charge in [0, 0.05) is 10.2 Å². The Labute approximate surface area is 211 Å². The molecule has 0 fully saturated rings. The maximum Gasteiger partial charge on any atom is 0.261 e.